The Kier molecular flexibility index (Phi) is 6.83. The summed E-state index contributed by atoms with van der Waals surface area (Å²) in [6, 6.07) is 2.39. The van der Waals surface area contributed by atoms with Crippen molar-refractivity contribution in [2.75, 3.05) is 20.7 Å². The number of nitrogens with one attached hydrogen (secondary N) is 1. The Labute approximate surface area is 150 Å². The predicted octanol–water partition coefficient (Wildman–Crippen LogP) is 2.53. The molecule has 140 valence electrons. The van der Waals surface area contributed by atoms with E-state index in [4.69, 9.17) is 4.74 Å². The van der Waals surface area contributed by atoms with Crippen LogP contribution in [0.4, 0.5) is 0 Å². The van der Waals surface area contributed by atoms with Crippen molar-refractivity contribution < 1.29 is 14.3 Å². The van der Waals surface area contributed by atoms with Crippen molar-refractivity contribution in [3.8, 4) is 6.07 Å². The molecular weight excluding hydrogens is 318 g/mol. The molecule has 0 radical (unpaired) electrons. The van der Waals surface area contributed by atoms with E-state index in [1.54, 1.807) is 11.9 Å². The molecule has 0 aromatic heterocycles. The molecule has 1 amide bonds. The van der Waals surface area contributed by atoms with Crippen LogP contribution >= 0.6 is 0 Å². The number of hydrogen-bond acceptors (Lipinski definition) is 5. The van der Waals surface area contributed by atoms with Crippen molar-refractivity contribution in [1.29, 1.82) is 5.26 Å². The van der Waals surface area contributed by atoms with Crippen molar-refractivity contribution in [1.82, 2.24) is 10.2 Å². The Morgan fingerprint density at radius 2 is 1.64 bits per heavy atom. The molecule has 2 rings (SSSR count). The lowest BCUT2D eigenvalue weighted by Gasteiger charge is -2.41. The number of ether oxygens (including phenoxy) is 1. The fraction of sp³-hybridized carbons (Fsp3) is 0.842. The van der Waals surface area contributed by atoms with Crippen LogP contribution in [0.25, 0.3) is 0 Å². The summed E-state index contributed by atoms with van der Waals surface area (Å²) in [5.41, 5.74) is -1.02. The van der Waals surface area contributed by atoms with Gasteiger partial charge in [0.05, 0.1) is 26.1 Å². The third-order valence-electron chi connectivity index (χ3n) is 6.04. The zero-order chi connectivity index (χ0) is 18.3. The van der Waals surface area contributed by atoms with E-state index in [0.717, 1.165) is 64.2 Å². The zero-order valence-corrected chi connectivity index (χ0v) is 15.6. The fourth-order valence-corrected chi connectivity index (χ4v) is 4.27. The van der Waals surface area contributed by atoms with E-state index < -0.39 is 5.54 Å². The quantitative estimate of drug-likeness (QED) is 0.745. The van der Waals surface area contributed by atoms with E-state index in [2.05, 4.69) is 11.4 Å². The van der Waals surface area contributed by atoms with Crippen molar-refractivity contribution >= 4 is 11.9 Å². The summed E-state index contributed by atoms with van der Waals surface area (Å²) in [7, 11) is 3.14. The van der Waals surface area contributed by atoms with Gasteiger partial charge in [0.15, 0.2) is 0 Å². The van der Waals surface area contributed by atoms with E-state index >= 15 is 0 Å². The zero-order valence-electron chi connectivity index (χ0n) is 15.6. The third kappa shape index (κ3) is 4.72. The maximum absolute atomic E-state index is 12.7. The van der Waals surface area contributed by atoms with Gasteiger partial charge in [0, 0.05) is 12.6 Å². The van der Waals surface area contributed by atoms with Crippen molar-refractivity contribution in [2.45, 2.75) is 81.7 Å². The maximum atomic E-state index is 12.7. The van der Waals surface area contributed by atoms with E-state index in [1.807, 2.05) is 0 Å². The molecule has 2 aliphatic carbocycles. The summed E-state index contributed by atoms with van der Waals surface area (Å²) in [6.45, 7) is 0.164. The predicted molar refractivity (Wildman–Crippen MR) is 94.7 cm³/mol. The number of rotatable bonds is 6. The lowest BCUT2D eigenvalue weighted by molar-refractivity contribution is -0.143. The molecule has 0 unspecified atom stereocenters. The monoisotopic (exact) mass is 349 g/mol. The molecule has 2 saturated carbocycles. The smallest absolute Gasteiger partial charge is 0.307 e. The van der Waals surface area contributed by atoms with Gasteiger partial charge in [-0.3, -0.25) is 9.59 Å². The Balaban J connectivity index is 2.00. The summed E-state index contributed by atoms with van der Waals surface area (Å²) < 4.78 is 4.84. The van der Waals surface area contributed by atoms with Crippen molar-refractivity contribution in [2.24, 2.45) is 0 Å². The SMILES string of the molecule is COC(=O)CC1(NCC(=O)N(C)C2(C#N)CCCCC2)CCCCC1. The van der Waals surface area contributed by atoms with Crippen LogP contribution in [0.5, 0.6) is 0 Å². The van der Waals surface area contributed by atoms with Gasteiger partial charge < -0.3 is 15.0 Å². The van der Waals surface area contributed by atoms with E-state index in [0.29, 0.717) is 6.42 Å². The molecule has 0 saturated heterocycles. The van der Waals surface area contributed by atoms with E-state index in [-0.39, 0.29) is 24.0 Å². The molecule has 6 heteroatoms. The van der Waals surface area contributed by atoms with Gasteiger partial charge in [-0.05, 0) is 25.7 Å². The standard InChI is InChI=1S/C19H31N3O3/c1-22(19(15-20)11-7-4-8-12-19)16(23)14-21-18(13-17(24)25-2)9-5-3-6-10-18/h21H,3-14H2,1-2H3. The second-order valence-corrected chi connectivity index (χ2v) is 7.60. The first-order valence-corrected chi connectivity index (χ1v) is 9.47. The van der Waals surface area contributed by atoms with Gasteiger partial charge in [-0.25, -0.2) is 0 Å². The van der Waals surface area contributed by atoms with Gasteiger partial charge in [-0.2, -0.15) is 5.26 Å². The highest BCUT2D eigenvalue weighted by atomic mass is 16.5. The second-order valence-electron chi connectivity index (χ2n) is 7.60. The molecule has 25 heavy (non-hydrogen) atoms. The molecule has 0 aliphatic heterocycles. The van der Waals surface area contributed by atoms with E-state index in [9.17, 15) is 14.9 Å². The van der Waals surface area contributed by atoms with Gasteiger partial charge >= 0.3 is 5.97 Å². The molecule has 0 aromatic rings. The summed E-state index contributed by atoms with van der Waals surface area (Å²) in [5.74, 6) is -0.311. The van der Waals surface area contributed by atoms with Crippen molar-refractivity contribution in [3.05, 3.63) is 0 Å². The number of nitrogens with zero attached hydrogens (tertiary/aromatic N) is 2. The first-order chi connectivity index (χ1) is 12.0. The van der Waals surface area contributed by atoms with Crippen molar-refractivity contribution in [3.63, 3.8) is 0 Å². The number of likely N-dealkylation sites (N-methyl/N-ethyl adjacent to an activating group) is 1. The molecule has 0 aromatic carbocycles. The second kappa shape index (κ2) is 8.66. The van der Waals surface area contributed by atoms with Crippen LogP contribution in [0.1, 0.15) is 70.6 Å². The van der Waals surface area contributed by atoms with Gasteiger partial charge in [-0.15, -0.1) is 0 Å². The van der Waals surface area contributed by atoms with Crippen LogP contribution in [-0.4, -0.2) is 48.6 Å². The number of carbonyl (C=O) groups is 2. The number of amides is 1. The molecule has 1 N–H and O–H groups in total. The number of hydrogen-bond donors (Lipinski definition) is 1. The van der Waals surface area contributed by atoms with E-state index in [1.165, 1.54) is 7.11 Å². The first kappa shape index (κ1) is 19.7. The topological polar surface area (TPSA) is 82.4 Å². The van der Waals surface area contributed by atoms with Crippen LogP contribution in [0.2, 0.25) is 0 Å². The van der Waals surface area contributed by atoms with Crippen LogP contribution in [0.3, 0.4) is 0 Å². The maximum Gasteiger partial charge on any atom is 0.307 e. The highest BCUT2D eigenvalue weighted by molar-refractivity contribution is 5.79. The summed E-state index contributed by atoms with van der Waals surface area (Å²) in [4.78, 5) is 26.2. The van der Waals surface area contributed by atoms with Crippen LogP contribution in [-0.2, 0) is 14.3 Å². The number of carbonyl (C=O) groups excluding carboxylic acids is 2. The number of esters is 1. The summed E-state index contributed by atoms with van der Waals surface area (Å²) >= 11 is 0. The highest BCUT2D eigenvalue weighted by Gasteiger charge is 2.40. The molecule has 0 atom stereocenters. The fourth-order valence-electron chi connectivity index (χ4n) is 4.27. The number of methoxy groups -OCH3 is 1. The third-order valence-corrected chi connectivity index (χ3v) is 6.04. The average molecular weight is 349 g/mol. The average Bonchev–Trinajstić information content (AvgIpc) is 2.66. The summed E-state index contributed by atoms with van der Waals surface area (Å²) in [6.07, 6.45) is 9.93. The highest BCUT2D eigenvalue weighted by Crippen LogP contribution is 2.33. The molecule has 0 bridgehead atoms. The minimum Gasteiger partial charge on any atom is -0.469 e. The Morgan fingerprint density at radius 1 is 1.08 bits per heavy atom. The minimum atomic E-state index is -0.668. The number of nitriles is 1. The Hall–Kier alpha value is -1.61. The molecular formula is C19H31N3O3. The largest absolute Gasteiger partial charge is 0.469 e. The molecule has 0 spiro atoms. The van der Waals surface area contributed by atoms with Gasteiger partial charge in [-0.1, -0.05) is 38.5 Å². The molecule has 2 aliphatic rings. The van der Waals surface area contributed by atoms with Gasteiger partial charge in [0.1, 0.15) is 5.54 Å². The van der Waals surface area contributed by atoms with Crippen LogP contribution < -0.4 is 5.32 Å². The minimum absolute atomic E-state index is 0.0711. The lowest BCUT2D eigenvalue weighted by atomic mass is 9.79. The molecule has 2 fully saturated rings. The normalized spacial score (nSPS) is 21.8. The summed E-state index contributed by atoms with van der Waals surface area (Å²) in [5, 5.41) is 13.0. The molecule has 0 heterocycles. The lowest BCUT2D eigenvalue weighted by Crippen LogP contribution is -2.56. The van der Waals surface area contributed by atoms with Gasteiger partial charge in [0.25, 0.3) is 0 Å². The van der Waals surface area contributed by atoms with Crippen LogP contribution in [0, 0.1) is 11.3 Å². The molecule has 6 nitrogen and oxygen atoms in total. The van der Waals surface area contributed by atoms with Gasteiger partial charge in [0.2, 0.25) is 5.91 Å². The van der Waals surface area contributed by atoms with Crippen LogP contribution in [0.15, 0.2) is 0 Å². The Bertz CT molecular complexity index is 514. The first-order valence-electron chi connectivity index (χ1n) is 9.47. The Morgan fingerprint density at radius 3 is 2.16 bits per heavy atom.